The van der Waals surface area contributed by atoms with E-state index in [1.807, 2.05) is 0 Å². The molecule has 3 aromatic carbocycles. The van der Waals surface area contributed by atoms with E-state index in [0.717, 1.165) is 39.3 Å². The van der Waals surface area contributed by atoms with E-state index in [-0.39, 0.29) is 0 Å². The van der Waals surface area contributed by atoms with Crippen LogP contribution in [0.1, 0.15) is 17.0 Å². The van der Waals surface area contributed by atoms with Gasteiger partial charge in [0.25, 0.3) is 0 Å². The molecule has 2 aliphatic heterocycles. The van der Waals surface area contributed by atoms with E-state index in [0.29, 0.717) is 11.8 Å². The molecule has 0 N–H and O–H groups in total. The molecule has 2 heterocycles. The van der Waals surface area contributed by atoms with Gasteiger partial charge in [-0.05, 0) is 29.2 Å². The first-order valence-electron chi connectivity index (χ1n) is 11.7. The third kappa shape index (κ3) is 5.00. The van der Waals surface area contributed by atoms with Crippen LogP contribution in [0.3, 0.4) is 0 Å². The van der Waals surface area contributed by atoms with Crippen LogP contribution in [-0.4, -0.2) is 55.6 Å². The van der Waals surface area contributed by atoms with Gasteiger partial charge in [-0.2, -0.15) is 0 Å². The molecule has 0 radical (unpaired) electrons. The average molecular weight is 412 g/mol. The van der Waals surface area contributed by atoms with Crippen molar-refractivity contribution < 1.29 is 0 Å². The minimum atomic E-state index is 0.622. The monoisotopic (exact) mass is 411 g/mol. The Kier molecular flexibility index (Phi) is 6.33. The number of rotatable bonds is 6. The smallest absolute Gasteiger partial charge is 0.0367 e. The molecule has 160 valence electrons. The van der Waals surface area contributed by atoms with Crippen LogP contribution in [0.15, 0.2) is 91.0 Å². The molecule has 2 fully saturated rings. The molecule has 0 saturated carbocycles. The summed E-state index contributed by atoms with van der Waals surface area (Å²) in [5.41, 5.74) is 4.29. The summed E-state index contributed by atoms with van der Waals surface area (Å²) in [5, 5.41) is 0. The van der Waals surface area contributed by atoms with E-state index in [9.17, 15) is 0 Å². The summed E-state index contributed by atoms with van der Waals surface area (Å²) in [6.45, 7) is 9.18. The Morgan fingerprint density at radius 1 is 0.613 bits per heavy atom. The first kappa shape index (κ1) is 20.3. The highest BCUT2D eigenvalue weighted by atomic mass is 15.3. The summed E-state index contributed by atoms with van der Waals surface area (Å²) in [5.74, 6) is 1.31. The third-order valence-corrected chi connectivity index (χ3v) is 6.98. The van der Waals surface area contributed by atoms with Gasteiger partial charge in [-0.3, -0.25) is 9.80 Å². The molecule has 2 saturated heterocycles. The van der Waals surface area contributed by atoms with Crippen molar-refractivity contribution in [1.82, 2.24) is 9.80 Å². The van der Waals surface area contributed by atoms with Gasteiger partial charge in [-0.15, -0.1) is 0 Å². The number of nitrogens with zero attached hydrogens (tertiary/aromatic N) is 3. The van der Waals surface area contributed by atoms with Crippen LogP contribution in [0.25, 0.3) is 0 Å². The molecule has 0 bridgehead atoms. The van der Waals surface area contributed by atoms with Crippen molar-refractivity contribution in [2.75, 3.05) is 50.7 Å². The largest absolute Gasteiger partial charge is 0.369 e. The quantitative estimate of drug-likeness (QED) is 0.581. The lowest BCUT2D eigenvalue weighted by Gasteiger charge is -2.38. The lowest BCUT2D eigenvalue weighted by atomic mass is 9.88. The zero-order valence-electron chi connectivity index (χ0n) is 18.3. The van der Waals surface area contributed by atoms with E-state index in [1.54, 1.807) is 0 Å². The van der Waals surface area contributed by atoms with Gasteiger partial charge in [0.2, 0.25) is 0 Å². The minimum Gasteiger partial charge on any atom is -0.369 e. The SMILES string of the molecule is c1ccc(CN2CC(CN3CCN(c4ccccc4)CC3)C(c3ccccc3)C2)cc1. The van der Waals surface area contributed by atoms with Crippen molar-refractivity contribution in [2.45, 2.75) is 12.5 Å². The van der Waals surface area contributed by atoms with Crippen molar-refractivity contribution in [2.24, 2.45) is 5.92 Å². The van der Waals surface area contributed by atoms with E-state index in [1.165, 1.54) is 29.9 Å². The molecular weight excluding hydrogens is 378 g/mol. The van der Waals surface area contributed by atoms with Crippen LogP contribution in [0.2, 0.25) is 0 Å². The summed E-state index contributed by atoms with van der Waals surface area (Å²) in [6.07, 6.45) is 0. The zero-order chi connectivity index (χ0) is 20.9. The summed E-state index contributed by atoms with van der Waals surface area (Å²) >= 11 is 0. The first-order chi connectivity index (χ1) is 15.3. The molecule has 2 aliphatic rings. The highest BCUT2D eigenvalue weighted by molar-refractivity contribution is 5.46. The molecule has 2 atom stereocenters. The third-order valence-electron chi connectivity index (χ3n) is 6.98. The standard InChI is InChI=1S/C28H33N3/c1-4-10-24(11-5-1)20-30-22-26(28(23-30)25-12-6-2-7-13-25)21-29-16-18-31(19-17-29)27-14-8-3-9-15-27/h1-15,26,28H,16-23H2. The molecule has 3 aromatic rings. The molecule has 3 heteroatoms. The number of para-hydroxylation sites is 1. The molecule has 0 amide bonds. The fourth-order valence-electron chi connectivity index (χ4n) is 5.35. The molecule has 5 rings (SSSR count). The highest BCUT2D eigenvalue weighted by Gasteiger charge is 2.35. The van der Waals surface area contributed by atoms with Gasteiger partial charge in [-0.25, -0.2) is 0 Å². The maximum absolute atomic E-state index is 2.70. The molecule has 2 unspecified atom stereocenters. The van der Waals surface area contributed by atoms with Crippen LogP contribution in [0, 0.1) is 5.92 Å². The van der Waals surface area contributed by atoms with Crippen molar-refractivity contribution in [3.8, 4) is 0 Å². The predicted octanol–water partition coefficient (Wildman–Crippen LogP) is 4.72. The number of anilines is 1. The van der Waals surface area contributed by atoms with E-state index in [2.05, 4.69) is 106 Å². The Morgan fingerprint density at radius 3 is 1.90 bits per heavy atom. The van der Waals surface area contributed by atoms with Gasteiger partial charge in [-0.1, -0.05) is 78.9 Å². The van der Waals surface area contributed by atoms with Gasteiger partial charge in [0.1, 0.15) is 0 Å². The lowest BCUT2D eigenvalue weighted by molar-refractivity contribution is 0.209. The summed E-state index contributed by atoms with van der Waals surface area (Å²) < 4.78 is 0. The molecular formula is C28H33N3. The van der Waals surface area contributed by atoms with Crippen molar-refractivity contribution >= 4 is 5.69 Å². The van der Waals surface area contributed by atoms with Gasteiger partial charge in [0, 0.05) is 64.0 Å². The molecule has 31 heavy (non-hydrogen) atoms. The minimum absolute atomic E-state index is 0.622. The van der Waals surface area contributed by atoms with Crippen molar-refractivity contribution in [3.05, 3.63) is 102 Å². The fourth-order valence-corrected chi connectivity index (χ4v) is 5.35. The second-order valence-corrected chi connectivity index (χ2v) is 9.08. The topological polar surface area (TPSA) is 9.72 Å². The Morgan fingerprint density at radius 2 is 1.23 bits per heavy atom. The number of hydrogen-bond donors (Lipinski definition) is 0. The second-order valence-electron chi connectivity index (χ2n) is 9.08. The first-order valence-corrected chi connectivity index (χ1v) is 11.7. The average Bonchev–Trinajstić information content (AvgIpc) is 3.23. The Balaban J connectivity index is 1.24. The number of piperazine rings is 1. The summed E-state index contributed by atoms with van der Waals surface area (Å²) in [7, 11) is 0. The Bertz CT molecular complexity index is 920. The van der Waals surface area contributed by atoms with E-state index >= 15 is 0 Å². The van der Waals surface area contributed by atoms with Gasteiger partial charge >= 0.3 is 0 Å². The molecule has 0 spiro atoms. The summed E-state index contributed by atoms with van der Waals surface area (Å²) in [4.78, 5) is 7.89. The maximum atomic E-state index is 2.70. The number of hydrogen-bond acceptors (Lipinski definition) is 3. The molecule has 0 aromatic heterocycles. The molecule has 3 nitrogen and oxygen atoms in total. The van der Waals surface area contributed by atoms with Gasteiger partial charge in [0.05, 0.1) is 0 Å². The van der Waals surface area contributed by atoms with Crippen LogP contribution in [-0.2, 0) is 6.54 Å². The lowest BCUT2D eigenvalue weighted by Crippen LogP contribution is -2.48. The number of likely N-dealkylation sites (tertiary alicyclic amines) is 1. The maximum Gasteiger partial charge on any atom is 0.0367 e. The van der Waals surface area contributed by atoms with E-state index < -0.39 is 0 Å². The normalized spacial score (nSPS) is 22.6. The van der Waals surface area contributed by atoms with Gasteiger partial charge < -0.3 is 4.90 Å². The molecule has 0 aliphatic carbocycles. The van der Waals surface area contributed by atoms with Crippen LogP contribution in [0.4, 0.5) is 5.69 Å². The van der Waals surface area contributed by atoms with Crippen molar-refractivity contribution in [1.29, 1.82) is 0 Å². The van der Waals surface area contributed by atoms with Gasteiger partial charge in [0.15, 0.2) is 0 Å². The Labute approximate surface area is 186 Å². The van der Waals surface area contributed by atoms with E-state index in [4.69, 9.17) is 0 Å². The predicted molar refractivity (Wildman–Crippen MR) is 129 cm³/mol. The fraction of sp³-hybridized carbons (Fsp3) is 0.357. The van der Waals surface area contributed by atoms with Crippen LogP contribution >= 0.6 is 0 Å². The zero-order valence-corrected chi connectivity index (χ0v) is 18.3. The Hall–Kier alpha value is -2.62. The summed E-state index contributed by atoms with van der Waals surface area (Å²) in [6, 6.07) is 33.0. The highest BCUT2D eigenvalue weighted by Crippen LogP contribution is 2.34. The van der Waals surface area contributed by atoms with Crippen LogP contribution < -0.4 is 4.90 Å². The number of benzene rings is 3. The van der Waals surface area contributed by atoms with Crippen molar-refractivity contribution in [3.63, 3.8) is 0 Å². The second kappa shape index (κ2) is 9.67. The van der Waals surface area contributed by atoms with Crippen LogP contribution in [0.5, 0.6) is 0 Å².